The van der Waals surface area contributed by atoms with E-state index in [4.69, 9.17) is 9.26 Å². The number of hydrogen-bond acceptors (Lipinski definition) is 8. The Balaban J connectivity index is 1.33. The maximum absolute atomic E-state index is 13.2. The van der Waals surface area contributed by atoms with Gasteiger partial charge in [0.25, 0.3) is 5.91 Å². The molecule has 10 heteroatoms. The van der Waals surface area contributed by atoms with Crippen LogP contribution in [-0.4, -0.2) is 71.2 Å². The van der Waals surface area contributed by atoms with E-state index in [1.807, 2.05) is 49.9 Å². The summed E-state index contributed by atoms with van der Waals surface area (Å²) in [4.78, 5) is 39.3. The molecule has 4 heterocycles. The molecule has 1 N–H and O–H groups in total. The lowest BCUT2D eigenvalue weighted by atomic mass is 9.75. The van der Waals surface area contributed by atoms with Crippen molar-refractivity contribution in [2.24, 2.45) is 5.41 Å². The molecule has 0 aliphatic carbocycles. The third-order valence-corrected chi connectivity index (χ3v) is 8.24. The van der Waals surface area contributed by atoms with Crippen LogP contribution in [0.25, 0.3) is 0 Å². The number of aromatic nitrogens is 3. The Kier molecular flexibility index (Phi) is 8.32. The standard InChI is InChI=1S/C30H38N6O4/c1-21-25(22(2)40-34-21)19-28(37)36-16-11-30(12-17-36)10-6-15-35(27-9-13-31-23(3)33-27)18-14-32-29(38)24-7-4-5-8-26(24)39-20-30/h4-5,7-9,13H,6,10-12,14-20H2,1-3H3,(H,32,38). The first-order valence-electron chi connectivity index (χ1n) is 14.1. The Bertz CT molecular complexity index is 1330. The highest BCUT2D eigenvalue weighted by Crippen LogP contribution is 2.38. The van der Waals surface area contributed by atoms with Crippen LogP contribution < -0.4 is 15.0 Å². The number of aryl methyl sites for hydroxylation is 3. The molecule has 212 valence electrons. The Labute approximate surface area is 235 Å². The second kappa shape index (κ2) is 12.1. The van der Waals surface area contributed by atoms with Crippen LogP contribution in [0.15, 0.2) is 41.1 Å². The summed E-state index contributed by atoms with van der Waals surface area (Å²) in [6, 6.07) is 9.34. The second-order valence-corrected chi connectivity index (χ2v) is 11.0. The first kappa shape index (κ1) is 27.6. The van der Waals surface area contributed by atoms with Gasteiger partial charge in [-0.1, -0.05) is 17.3 Å². The number of ether oxygens (including phenoxy) is 1. The van der Waals surface area contributed by atoms with E-state index < -0.39 is 0 Å². The van der Waals surface area contributed by atoms with Gasteiger partial charge in [0.05, 0.1) is 24.3 Å². The molecule has 1 saturated heterocycles. The van der Waals surface area contributed by atoms with Crippen LogP contribution in [0.4, 0.5) is 5.82 Å². The number of likely N-dealkylation sites (tertiary alicyclic amines) is 1. The van der Waals surface area contributed by atoms with Crippen LogP contribution in [0.1, 0.15) is 58.9 Å². The number of fused-ring (bicyclic) bond motifs is 1. The minimum atomic E-state index is -0.151. The number of benzene rings is 1. The van der Waals surface area contributed by atoms with Crippen molar-refractivity contribution in [3.8, 4) is 5.75 Å². The smallest absolute Gasteiger partial charge is 0.255 e. The lowest BCUT2D eigenvalue weighted by molar-refractivity contribution is -0.133. The molecule has 1 fully saturated rings. The van der Waals surface area contributed by atoms with Gasteiger partial charge in [-0.3, -0.25) is 9.59 Å². The fourth-order valence-corrected chi connectivity index (χ4v) is 5.73. The van der Waals surface area contributed by atoms with Gasteiger partial charge in [-0.05, 0) is 64.7 Å². The zero-order valence-corrected chi connectivity index (χ0v) is 23.6. The predicted molar refractivity (Wildman–Crippen MR) is 150 cm³/mol. The van der Waals surface area contributed by atoms with Gasteiger partial charge < -0.3 is 24.4 Å². The van der Waals surface area contributed by atoms with Gasteiger partial charge in [0.15, 0.2) is 0 Å². The molecule has 2 amide bonds. The highest BCUT2D eigenvalue weighted by molar-refractivity contribution is 5.96. The lowest BCUT2D eigenvalue weighted by Gasteiger charge is -2.42. The van der Waals surface area contributed by atoms with Crippen LogP contribution >= 0.6 is 0 Å². The zero-order valence-electron chi connectivity index (χ0n) is 23.6. The molecule has 0 radical (unpaired) electrons. The van der Waals surface area contributed by atoms with E-state index in [1.165, 1.54) is 0 Å². The first-order valence-corrected chi connectivity index (χ1v) is 14.1. The van der Waals surface area contributed by atoms with Gasteiger partial charge in [0.2, 0.25) is 5.91 Å². The third kappa shape index (κ3) is 6.26. The number of nitrogens with zero attached hydrogens (tertiary/aromatic N) is 5. The van der Waals surface area contributed by atoms with Crippen molar-refractivity contribution in [3.05, 3.63) is 64.9 Å². The maximum Gasteiger partial charge on any atom is 0.255 e. The minimum Gasteiger partial charge on any atom is -0.492 e. The quantitative estimate of drug-likeness (QED) is 0.530. The van der Waals surface area contributed by atoms with Crippen LogP contribution in [0.3, 0.4) is 0 Å². The Morgan fingerprint density at radius 3 is 2.60 bits per heavy atom. The normalized spacial score (nSPS) is 18.1. The van der Waals surface area contributed by atoms with Gasteiger partial charge in [-0.15, -0.1) is 0 Å². The largest absolute Gasteiger partial charge is 0.492 e. The average molecular weight is 547 g/mol. The fraction of sp³-hybridized carbons (Fsp3) is 0.500. The summed E-state index contributed by atoms with van der Waals surface area (Å²) in [5.74, 6) is 2.83. The van der Waals surface area contributed by atoms with Crippen molar-refractivity contribution in [1.82, 2.24) is 25.3 Å². The molecule has 0 unspecified atom stereocenters. The molecular formula is C30H38N6O4. The number of hydrogen-bond donors (Lipinski definition) is 1. The first-order chi connectivity index (χ1) is 19.3. The van der Waals surface area contributed by atoms with Crippen LogP contribution in [0.2, 0.25) is 0 Å². The van der Waals surface area contributed by atoms with Crippen molar-refractivity contribution in [1.29, 1.82) is 0 Å². The second-order valence-electron chi connectivity index (χ2n) is 11.0. The van der Waals surface area contributed by atoms with Crippen molar-refractivity contribution in [2.45, 2.75) is 52.9 Å². The van der Waals surface area contributed by atoms with Gasteiger partial charge in [-0.25, -0.2) is 9.97 Å². The molecule has 5 rings (SSSR count). The van der Waals surface area contributed by atoms with E-state index in [1.54, 1.807) is 12.3 Å². The molecule has 0 atom stereocenters. The highest BCUT2D eigenvalue weighted by Gasteiger charge is 2.37. The van der Waals surface area contributed by atoms with Crippen molar-refractivity contribution < 1.29 is 18.8 Å². The predicted octanol–water partition coefficient (Wildman–Crippen LogP) is 3.65. The number of anilines is 1. The van der Waals surface area contributed by atoms with Gasteiger partial charge in [0, 0.05) is 49.9 Å². The Morgan fingerprint density at radius 1 is 1.05 bits per heavy atom. The third-order valence-electron chi connectivity index (χ3n) is 8.24. The van der Waals surface area contributed by atoms with E-state index in [0.717, 1.165) is 55.1 Å². The summed E-state index contributed by atoms with van der Waals surface area (Å²) in [5.41, 5.74) is 2.08. The van der Waals surface area contributed by atoms with E-state index in [2.05, 4.69) is 25.3 Å². The molecule has 2 aliphatic heterocycles. The van der Waals surface area contributed by atoms with Crippen LogP contribution in [-0.2, 0) is 11.2 Å². The lowest BCUT2D eigenvalue weighted by Crippen LogP contribution is -2.46. The molecule has 1 spiro atoms. The Morgan fingerprint density at radius 2 is 1.85 bits per heavy atom. The summed E-state index contributed by atoms with van der Waals surface area (Å²) in [7, 11) is 0. The monoisotopic (exact) mass is 546 g/mol. The van der Waals surface area contributed by atoms with Crippen molar-refractivity contribution in [3.63, 3.8) is 0 Å². The van der Waals surface area contributed by atoms with Gasteiger partial charge >= 0.3 is 0 Å². The molecule has 40 heavy (non-hydrogen) atoms. The fourth-order valence-electron chi connectivity index (χ4n) is 5.73. The summed E-state index contributed by atoms with van der Waals surface area (Å²) in [6.07, 6.45) is 5.64. The summed E-state index contributed by atoms with van der Waals surface area (Å²) in [6.45, 7) is 9.37. The molecule has 3 aromatic rings. The molecular weight excluding hydrogens is 508 g/mol. The van der Waals surface area contributed by atoms with Gasteiger partial charge in [0.1, 0.15) is 23.2 Å². The van der Waals surface area contributed by atoms with E-state index in [-0.39, 0.29) is 17.2 Å². The number of carbonyl (C=O) groups excluding carboxylic acids is 2. The van der Waals surface area contributed by atoms with E-state index in [9.17, 15) is 9.59 Å². The minimum absolute atomic E-state index is 0.0992. The summed E-state index contributed by atoms with van der Waals surface area (Å²) in [5, 5.41) is 7.04. The topological polar surface area (TPSA) is 114 Å². The van der Waals surface area contributed by atoms with Crippen molar-refractivity contribution in [2.75, 3.05) is 44.2 Å². The Hall–Kier alpha value is -3.95. The maximum atomic E-state index is 13.2. The van der Waals surface area contributed by atoms with Gasteiger partial charge in [-0.2, -0.15) is 0 Å². The average Bonchev–Trinajstić information content (AvgIpc) is 3.28. The molecule has 10 nitrogen and oxygen atoms in total. The SMILES string of the molecule is Cc1nccc(N2CCCC3(CCN(C(=O)Cc4c(C)noc4C)CC3)COc3ccccc3C(=O)NCC2)n1. The zero-order chi connectivity index (χ0) is 28.1. The summed E-state index contributed by atoms with van der Waals surface area (Å²) < 4.78 is 11.6. The van der Waals surface area contributed by atoms with E-state index in [0.29, 0.717) is 56.3 Å². The van der Waals surface area contributed by atoms with Crippen molar-refractivity contribution >= 4 is 17.6 Å². The summed E-state index contributed by atoms with van der Waals surface area (Å²) >= 11 is 0. The number of nitrogens with one attached hydrogen (secondary N) is 1. The van der Waals surface area contributed by atoms with E-state index >= 15 is 0 Å². The molecule has 0 saturated carbocycles. The number of piperidine rings is 1. The highest BCUT2D eigenvalue weighted by atomic mass is 16.5. The number of rotatable bonds is 3. The molecule has 1 aromatic carbocycles. The van der Waals surface area contributed by atoms with Crippen LogP contribution in [0, 0.1) is 26.2 Å². The number of carbonyl (C=O) groups is 2. The molecule has 2 aliphatic rings. The molecule has 2 aromatic heterocycles. The van der Waals surface area contributed by atoms with Crippen LogP contribution in [0.5, 0.6) is 5.75 Å². The number of amides is 2. The molecule has 0 bridgehead atoms. The number of para-hydroxylation sites is 1.